The van der Waals surface area contributed by atoms with Gasteiger partial charge in [0.15, 0.2) is 0 Å². The van der Waals surface area contributed by atoms with Gasteiger partial charge in [0, 0.05) is 36.5 Å². The molecule has 0 aliphatic heterocycles. The number of aromatic nitrogens is 1. The summed E-state index contributed by atoms with van der Waals surface area (Å²) >= 11 is 0. The molecule has 4 fully saturated rings. The Balaban J connectivity index is 1.15. The molecule has 0 unspecified atom stereocenters. The molecule has 4 saturated carbocycles. The Kier molecular flexibility index (Phi) is 8.86. The Morgan fingerprint density at radius 1 is 0.864 bits per heavy atom. The average molecular weight is 601 g/mol. The molecule has 1 aromatic heterocycles. The SMILES string of the molecule is O=C(O)CCC(=O)N[C@@H](CNC(=O)[C@@H](Cc1c[nH]c2ccccc12)NC(=O)OC1C2CC3CC(C2)CC1C3)c1ccccc1. The molecule has 10 heteroatoms. The fraction of sp³-hybridized carbons (Fsp3) is 0.471. The quantitative estimate of drug-likeness (QED) is 0.207. The van der Waals surface area contributed by atoms with Crippen LogP contribution in [0.2, 0.25) is 0 Å². The number of alkyl carbamates (subject to hydrolysis) is 1. The van der Waals surface area contributed by atoms with Crippen LogP contribution in [0.3, 0.4) is 0 Å². The second kappa shape index (κ2) is 13.1. The summed E-state index contributed by atoms with van der Waals surface area (Å²) in [5.41, 5.74) is 2.59. The Labute approximate surface area is 256 Å². The minimum absolute atomic E-state index is 0.0539. The number of benzene rings is 2. The highest BCUT2D eigenvalue weighted by Crippen LogP contribution is 2.54. The van der Waals surface area contributed by atoms with Crippen molar-refractivity contribution in [2.75, 3.05) is 6.54 Å². The van der Waals surface area contributed by atoms with Crippen molar-refractivity contribution in [3.05, 3.63) is 71.9 Å². The molecule has 2 atom stereocenters. The summed E-state index contributed by atoms with van der Waals surface area (Å²) in [6, 6.07) is 15.5. The molecule has 3 aromatic rings. The van der Waals surface area contributed by atoms with Gasteiger partial charge >= 0.3 is 12.1 Å². The smallest absolute Gasteiger partial charge is 0.408 e. The second-order valence-electron chi connectivity index (χ2n) is 12.7. The summed E-state index contributed by atoms with van der Waals surface area (Å²) in [4.78, 5) is 53.8. The summed E-state index contributed by atoms with van der Waals surface area (Å²) in [7, 11) is 0. The van der Waals surface area contributed by atoms with E-state index in [-0.39, 0.29) is 31.9 Å². The second-order valence-corrected chi connectivity index (χ2v) is 12.7. The van der Waals surface area contributed by atoms with Gasteiger partial charge in [-0.3, -0.25) is 14.4 Å². The van der Waals surface area contributed by atoms with Gasteiger partial charge in [0.2, 0.25) is 11.8 Å². The normalized spacial score (nSPS) is 24.8. The van der Waals surface area contributed by atoms with Crippen molar-refractivity contribution in [1.29, 1.82) is 0 Å². The standard InChI is InChI=1S/C34H40N4O6/c39-30(10-11-31(40)41)37-29(22-6-2-1-3-7-22)19-36-33(42)28(17-25-18-35-27-9-5-4-8-26(25)27)38-34(43)44-32-23-13-20-12-21(15-23)16-24(32)14-20/h1-9,18,20-21,23-24,28-29,32,35H,10-17,19H2,(H,36,42)(H,37,39)(H,38,43)(H,40,41)/t20?,21?,23?,24?,28-,29+,32?/m1/s1. The summed E-state index contributed by atoms with van der Waals surface area (Å²) in [5.74, 6) is 0.409. The number of aliphatic carboxylic acids is 1. The minimum atomic E-state index is -1.06. The van der Waals surface area contributed by atoms with Gasteiger partial charge in [-0.1, -0.05) is 48.5 Å². The number of hydrogen-bond donors (Lipinski definition) is 5. The number of amides is 3. The first-order chi connectivity index (χ1) is 21.3. The van der Waals surface area contributed by atoms with Crippen LogP contribution in [0.1, 0.15) is 62.1 Å². The third-order valence-corrected chi connectivity index (χ3v) is 9.67. The molecule has 4 aliphatic carbocycles. The number of nitrogens with one attached hydrogen (secondary N) is 4. The van der Waals surface area contributed by atoms with Crippen molar-refractivity contribution in [3.63, 3.8) is 0 Å². The van der Waals surface area contributed by atoms with Gasteiger partial charge in [0.05, 0.1) is 12.5 Å². The Morgan fingerprint density at radius 2 is 1.55 bits per heavy atom. The summed E-state index contributed by atoms with van der Waals surface area (Å²) in [5, 5.41) is 18.6. The maximum absolute atomic E-state index is 13.7. The number of ether oxygens (including phenoxy) is 1. The highest BCUT2D eigenvalue weighted by Gasteiger charge is 2.50. The van der Waals surface area contributed by atoms with E-state index in [0.29, 0.717) is 11.8 Å². The lowest BCUT2D eigenvalue weighted by Crippen LogP contribution is -2.53. The van der Waals surface area contributed by atoms with Crippen LogP contribution in [-0.4, -0.2) is 52.7 Å². The molecule has 1 heterocycles. The minimum Gasteiger partial charge on any atom is -0.481 e. The van der Waals surface area contributed by atoms with E-state index in [2.05, 4.69) is 20.9 Å². The van der Waals surface area contributed by atoms with E-state index in [1.807, 2.05) is 60.8 Å². The number of carbonyl (C=O) groups excluding carboxylic acids is 3. The molecular weight excluding hydrogens is 560 g/mol. The molecular formula is C34H40N4O6. The number of rotatable bonds is 12. The van der Waals surface area contributed by atoms with Crippen LogP contribution in [0.4, 0.5) is 4.79 Å². The molecule has 3 amide bonds. The first kappa shape index (κ1) is 29.7. The lowest BCUT2D eigenvalue weighted by molar-refractivity contribution is -0.138. The number of carboxylic acids is 1. The maximum Gasteiger partial charge on any atom is 0.408 e. The van der Waals surface area contributed by atoms with Crippen molar-refractivity contribution in [1.82, 2.24) is 20.9 Å². The van der Waals surface area contributed by atoms with Crippen LogP contribution in [0, 0.1) is 23.7 Å². The molecule has 4 bridgehead atoms. The summed E-state index contributed by atoms with van der Waals surface area (Å²) in [6.45, 7) is 0.0539. The van der Waals surface area contributed by atoms with Crippen molar-refractivity contribution >= 4 is 34.8 Å². The van der Waals surface area contributed by atoms with Gasteiger partial charge in [-0.2, -0.15) is 0 Å². The first-order valence-electron chi connectivity index (χ1n) is 15.7. The van der Waals surface area contributed by atoms with Crippen LogP contribution >= 0.6 is 0 Å². The molecule has 0 radical (unpaired) electrons. The molecule has 232 valence electrons. The van der Waals surface area contributed by atoms with Crippen LogP contribution in [0.15, 0.2) is 60.8 Å². The lowest BCUT2D eigenvalue weighted by atomic mass is 9.55. The van der Waals surface area contributed by atoms with E-state index >= 15 is 0 Å². The van der Waals surface area contributed by atoms with Crippen LogP contribution in [0.25, 0.3) is 10.9 Å². The molecule has 0 saturated heterocycles. The molecule has 0 spiro atoms. The van der Waals surface area contributed by atoms with Crippen molar-refractivity contribution in [3.8, 4) is 0 Å². The Hall–Kier alpha value is -4.34. The summed E-state index contributed by atoms with van der Waals surface area (Å²) < 4.78 is 6.07. The van der Waals surface area contributed by atoms with Gasteiger partial charge in [0.25, 0.3) is 0 Å². The van der Waals surface area contributed by atoms with Gasteiger partial charge in [-0.15, -0.1) is 0 Å². The van der Waals surface area contributed by atoms with Gasteiger partial charge in [-0.05, 0) is 73.0 Å². The number of fused-ring (bicyclic) bond motifs is 1. The van der Waals surface area contributed by atoms with E-state index < -0.39 is 36.0 Å². The van der Waals surface area contributed by atoms with Crippen molar-refractivity contribution in [2.24, 2.45) is 23.7 Å². The molecule has 44 heavy (non-hydrogen) atoms. The largest absolute Gasteiger partial charge is 0.481 e. The maximum atomic E-state index is 13.7. The van der Waals surface area contributed by atoms with E-state index in [1.54, 1.807) is 0 Å². The molecule has 10 nitrogen and oxygen atoms in total. The van der Waals surface area contributed by atoms with E-state index in [4.69, 9.17) is 9.84 Å². The zero-order valence-corrected chi connectivity index (χ0v) is 24.7. The van der Waals surface area contributed by atoms with Crippen molar-refractivity contribution in [2.45, 2.75) is 69.6 Å². The topological polar surface area (TPSA) is 150 Å². The predicted octanol–water partition coefficient (Wildman–Crippen LogP) is 4.47. The highest BCUT2D eigenvalue weighted by molar-refractivity contribution is 5.88. The van der Waals surface area contributed by atoms with Crippen molar-refractivity contribution < 1.29 is 29.0 Å². The van der Waals surface area contributed by atoms with Crippen LogP contribution < -0.4 is 16.0 Å². The van der Waals surface area contributed by atoms with Crippen LogP contribution in [-0.2, 0) is 25.5 Å². The molecule has 2 aromatic carbocycles. The first-order valence-corrected chi connectivity index (χ1v) is 15.7. The molecule has 4 aliphatic rings. The lowest BCUT2D eigenvalue weighted by Gasteiger charge is -2.53. The van der Waals surface area contributed by atoms with Gasteiger partial charge in [-0.25, -0.2) is 4.79 Å². The number of carbonyl (C=O) groups is 4. The zero-order chi connectivity index (χ0) is 30.6. The number of H-pyrrole nitrogens is 1. The number of para-hydroxylation sites is 1. The fourth-order valence-electron chi connectivity index (χ4n) is 7.85. The van der Waals surface area contributed by atoms with E-state index in [0.717, 1.165) is 59.5 Å². The third-order valence-electron chi connectivity index (χ3n) is 9.67. The fourth-order valence-corrected chi connectivity index (χ4v) is 7.85. The van der Waals surface area contributed by atoms with E-state index in [9.17, 15) is 19.2 Å². The number of hydrogen-bond acceptors (Lipinski definition) is 5. The molecule has 7 rings (SSSR count). The third kappa shape index (κ3) is 6.90. The summed E-state index contributed by atoms with van der Waals surface area (Å²) in [6.07, 6.45) is 6.71. The van der Waals surface area contributed by atoms with Gasteiger partial charge in [0.1, 0.15) is 12.1 Å². The predicted molar refractivity (Wildman–Crippen MR) is 163 cm³/mol. The average Bonchev–Trinajstić information content (AvgIpc) is 3.42. The van der Waals surface area contributed by atoms with Crippen LogP contribution in [0.5, 0.6) is 0 Å². The highest BCUT2D eigenvalue weighted by atomic mass is 16.6. The van der Waals surface area contributed by atoms with E-state index in [1.165, 1.54) is 6.42 Å². The van der Waals surface area contributed by atoms with Gasteiger partial charge < -0.3 is 30.8 Å². The molecule has 5 N–H and O–H groups in total. The Morgan fingerprint density at radius 3 is 2.25 bits per heavy atom. The number of carboxylic acid groups (broad SMARTS) is 1. The monoisotopic (exact) mass is 600 g/mol. The Bertz CT molecular complexity index is 1480. The zero-order valence-electron chi connectivity index (χ0n) is 24.7. The number of aromatic amines is 1.